The van der Waals surface area contributed by atoms with Gasteiger partial charge in [0.25, 0.3) is 5.91 Å². The number of halogens is 1. The van der Waals surface area contributed by atoms with Gasteiger partial charge in [0, 0.05) is 19.0 Å². The molecular weight excluding hydrogens is 552 g/mol. The molecule has 2 atom stereocenters. The lowest BCUT2D eigenvalue weighted by molar-refractivity contribution is -0.143. The fraction of sp³-hybridized carbons (Fsp3) is 0.394. The van der Waals surface area contributed by atoms with E-state index in [1.165, 1.54) is 5.56 Å². The van der Waals surface area contributed by atoms with Crippen molar-refractivity contribution < 1.29 is 14.3 Å². The minimum absolute atomic E-state index is 0.000589. The maximum atomic E-state index is 13.8. The molecule has 0 radical (unpaired) electrons. The highest BCUT2D eigenvalue weighted by molar-refractivity contribution is 9.10. The predicted molar refractivity (Wildman–Crippen MR) is 162 cm³/mol. The van der Waals surface area contributed by atoms with Gasteiger partial charge in [-0.25, -0.2) is 0 Å². The topological polar surface area (TPSA) is 58.6 Å². The Bertz CT molecular complexity index is 1240. The second kappa shape index (κ2) is 13.8. The molecule has 5 nitrogen and oxygen atoms in total. The second-order valence-electron chi connectivity index (χ2n) is 11.2. The summed E-state index contributed by atoms with van der Waals surface area (Å²) in [5, 5.41) is 3.10. The first-order chi connectivity index (χ1) is 18.5. The first-order valence-corrected chi connectivity index (χ1v) is 14.4. The first-order valence-electron chi connectivity index (χ1n) is 13.6. The number of carbonyl (C=O) groups is 2. The van der Waals surface area contributed by atoms with Crippen LogP contribution in [0.1, 0.15) is 63.3 Å². The third-order valence-corrected chi connectivity index (χ3v) is 7.51. The summed E-state index contributed by atoms with van der Waals surface area (Å²) in [5.41, 5.74) is 4.25. The number of aryl methyl sites for hydroxylation is 1. The molecule has 3 aromatic rings. The number of nitrogens with one attached hydrogen (secondary N) is 1. The fourth-order valence-electron chi connectivity index (χ4n) is 4.19. The van der Waals surface area contributed by atoms with Crippen LogP contribution in [0.5, 0.6) is 5.75 Å². The number of ether oxygens (including phenoxy) is 1. The van der Waals surface area contributed by atoms with Crippen LogP contribution in [0.25, 0.3) is 0 Å². The monoisotopic (exact) mass is 592 g/mol. The summed E-state index contributed by atoms with van der Waals surface area (Å²) in [7, 11) is 0. The summed E-state index contributed by atoms with van der Waals surface area (Å²) >= 11 is 3.60. The van der Waals surface area contributed by atoms with Gasteiger partial charge in [-0.15, -0.1) is 0 Å². The summed E-state index contributed by atoms with van der Waals surface area (Å²) in [5.74, 6) is 0.183. The first kappa shape index (κ1) is 30.4. The molecule has 0 saturated carbocycles. The van der Waals surface area contributed by atoms with E-state index in [0.29, 0.717) is 18.7 Å². The molecule has 0 bridgehead atoms. The Kier molecular flexibility index (Phi) is 10.8. The Morgan fingerprint density at radius 2 is 1.64 bits per heavy atom. The van der Waals surface area contributed by atoms with Crippen LogP contribution >= 0.6 is 15.9 Å². The van der Waals surface area contributed by atoms with E-state index in [1.54, 1.807) is 4.90 Å². The van der Waals surface area contributed by atoms with Crippen molar-refractivity contribution in [2.75, 3.05) is 6.61 Å². The molecule has 3 rings (SSSR count). The van der Waals surface area contributed by atoms with Crippen molar-refractivity contribution in [2.45, 2.75) is 78.4 Å². The largest absolute Gasteiger partial charge is 0.483 e. The van der Waals surface area contributed by atoms with Crippen LogP contribution in [0.2, 0.25) is 0 Å². The minimum Gasteiger partial charge on any atom is -0.483 e. The average molecular weight is 594 g/mol. The highest BCUT2D eigenvalue weighted by Crippen LogP contribution is 2.31. The molecule has 0 saturated heterocycles. The Labute approximate surface area is 242 Å². The average Bonchev–Trinajstić information content (AvgIpc) is 2.90. The van der Waals surface area contributed by atoms with E-state index in [1.807, 2.05) is 93.6 Å². The van der Waals surface area contributed by atoms with E-state index in [0.717, 1.165) is 27.6 Å². The maximum Gasteiger partial charge on any atom is 0.261 e. The van der Waals surface area contributed by atoms with Gasteiger partial charge in [-0.3, -0.25) is 9.59 Å². The van der Waals surface area contributed by atoms with Crippen LogP contribution in [0.15, 0.2) is 77.3 Å². The fourth-order valence-corrected chi connectivity index (χ4v) is 4.69. The number of carbonyl (C=O) groups excluding carboxylic acids is 2. The number of nitrogens with zero attached hydrogens (tertiary/aromatic N) is 1. The molecule has 0 aliphatic rings. The van der Waals surface area contributed by atoms with Gasteiger partial charge in [-0.2, -0.15) is 0 Å². The third kappa shape index (κ3) is 8.96. The van der Waals surface area contributed by atoms with Gasteiger partial charge in [0.1, 0.15) is 11.8 Å². The Hall–Kier alpha value is -3.12. The van der Waals surface area contributed by atoms with Crippen molar-refractivity contribution in [3.63, 3.8) is 0 Å². The van der Waals surface area contributed by atoms with Gasteiger partial charge >= 0.3 is 0 Å². The molecule has 1 N–H and O–H groups in total. The zero-order valence-electron chi connectivity index (χ0n) is 24.0. The molecular formula is C33H41BrN2O3. The van der Waals surface area contributed by atoms with Gasteiger partial charge in [0.15, 0.2) is 6.61 Å². The SMILES string of the molecule is CC[C@@H](C)NC(=O)[C@H](Cc1ccccc1)N(Cc1ccc(C)cc1)C(=O)COc1ccc(C(C)(C)C)cc1Br. The van der Waals surface area contributed by atoms with E-state index >= 15 is 0 Å². The van der Waals surface area contributed by atoms with Gasteiger partial charge in [-0.1, -0.05) is 93.9 Å². The Balaban J connectivity index is 1.91. The van der Waals surface area contributed by atoms with Gasteiger partial charge in [0.05, 0.1) is 4.47 Å². The van der Waals surface area contributed by atoms with E-state index in [-0.39, 0.29) is 29.9 Å². The highest BCUT2D eigenvalue weighted by atomic mass is 79.9. The molecule has 208 valence electrons. The minimum atomic E-state index is -0.689. The maximum absolute atomic E-state index is 13.8. The van der Waals surface area contributed by atoms with Crippen molar-refractivity contribution in [1.82, 2.24) is 10.2 Å². The third-order valence-electron chi connectivity index (χ3n) is 6.89. The van der Waals surface area contributed by atoms with E-state index in [2.05, 4.69) is 42.0 Å². The molecule has 0 heterocycles. The molecule has 0 unspecified atom stereocenters. The van der Waals surface area contributed by atoms with Crippen LogP contribution < -0.4 is 10.1 Å². The molecule has 3 aromatic carbocycles. The summed E-state index contributed by atoms with van der Waals surface area (Å²) in [6, 6.07) is 23.1. The van der Waals surface area contributed by atoms with Gasteiger partial charge < -0.3 is 15.0 Å². The number of amides is 2. The van der Waals surface area contributed by atoms with Crippen molar-refractivity contribution in [1.29, 1.82) is 0 Å². The summed E-state index contributed by atoms with van der Waals surface area (Å²) < 4.78 is 6.81. The van der Waals surface area contributed by atoms with Crippen molar-refractivity contribution in [3.05, 3.63) is 99.5 Å². The Morgan fingerprint density at radius 1 is 0.974 bits per heavy atom. The molecule has 0 aromatic heterocycles. The number of rotatable bonds is 11. The highest BCUT2D eigenvalue weighted by Gasteiger charge is 2.31. The summed E-state index contributed by atoms with van der Waals surface area (Å²) in [4.78, 5) is 29.1. The molecule has 39 heavy (non-hydrogen) atoms. The molecule has 2 amide bonds. The zero-order valence-corrected chi connectivity index (χ0v) is 25.5. The number of hydrogen-bond acceptors (Lipinski definition) is 3. The lowest BCUT2D eigenvalue weighted by atomic mass is 9.87. The number of benzene rings is 3. The van der Waals surface area contributed by atoms with Crippen LogP contribution in [-0.4, -0.2) is 35.4 Å². The quantitative estimate of drug-likeness (QED) is 0.261. The molecule has 0 spiro atoms. The second-order valence-corrected chi connectivity index (χ2v) is 12.1. The summed E-state index contributed by atoms with van der Waals surface area (Å²) in [6.45, 7) is 12.6. The van der Waals surface area contributed by atoms with Crippen LogP contribution in [0.3, 0.4) is 0 Å². The number of hydrogen-bond donors (Lipinski definition) is 1. The van der Waals surface area contributed by atoms with Gasteiger partial charge in [0.2, 0.25) is 5.91 Å². The zero-order chi connectivity index (χ0) is 28.6. The molecule has 0 aliphatic heterocycles. The normalized spacial score (nSPS) is 12.9. The van der Waals surface area contributed by atoms with E-state index in [9.17, 15) is 9.59 Å². The summed E-state index contributed by atoms with van der Waals surface area (Å²) in [6.07, 6.45) is 1.21. The van der Waals surface area contributed by atoms with E-state index < -0.39 is 6.04 Å². The van der Waals surface area contributed by atoms with Gasteiger partial charge in [-0.05, 0) is 70.4 Å². The van der Waals surface area contributed by atoms with Crippen molar-refractivity contribution >= 4 is 27.7 Å². The molecule has 0 fully saturated rings. The lowest BCUT2D eigenvalue weighted by Gasteiger charge is -2.32. The van der Waals surface area contributed by atoms with Crippen LogP contribution in [0.4, 0.5) is 0 Å². The lowest BCUT2D eigenvalue weighted by Crippen LogP contribution is -2.53. The van der Waals surface area contributed by atoms with Crippen molar-refractivity contribution in [3.8, 4) is 5.75 Å². The Morgan fingerprint density at radius 3 is 2.23 bits per heavy atom. The van der Waals surface area contributed by atoms with Crippen LogP contribution in [-0.2, 0) is 28.0 Å². The smallest absolute Gasteiger partial charge is 0.261 e. The molecule has 0 aliphatic carbocycles. The predicted octanol–water partition coefficient (Wildman–Crippen LogP) is 6.99. The standard InChI is InChI=1S/C33H41BrN2O3/c1-7-24(3)35-32(38)29(19-25-11-9-8-10-12-25)36(21-26-15-13-23(2)14-16-26)31(37)22-39-30-18-17-27(20-28(30)34)33(4,5)6/h8-18,20,24,29H,7,19,21-22H2,1-6H3,(H,35,38)/t24-,29+/m1/s1. The van der Waals surface area contributed by atoms with Crippen LogP contribution in [0, 0.1) is 6.92 Å². The molecule has 6 heteroatoms. The van der Waals surface area contributed by atoms with Crippen molar-refractivity contribution in [2.24, 2.45) is 0 Å². The van der Waals surface area contributed by atoms with E-state index in [4.69, 9.17) is 4.74 Å².